The summed E-state index contributed by atoms with van der Waals surface area (Å²) in [5, 5.41) is 8.49. The number of halogens is 1. The van der Waals surface area contributed by atoms with Gasteiger partial charge in [-0.1, -0.05) is 12.1 Å². The van der Waals surface area contributed by atoms with Gasteiger partial charge in [-0.3, -0.25) is 19.7 Å². The monoisotopic (exact) mass is 351 g/mol. The molecule has 0 aromatic heterocycles. The van der Waals surface area contributed by atoms with Crippen LogP contribution in [0.25, 0.3) is 0 Å². The van der Waals surface area contributed by atoms with Gasteiger partial charge in [0.2, 0.25) is 17.7 Å². The zero-order valence-corrected chi connectivity index (χ0v) is 14.2. The van der Waals surface area contributed by atoms with Gasteiger partial charge in [-0.15, -0.1) is 12.4 Å². The first-order chi connectivity index (χ1) is 11.1. The first kappa shape index (κ1) is 18.4. The third kappa shape index (κ3) is 4.55. The number of carbonyl (C=O) groups excluding carboxylic acids is 3. The number of amides is 3. The normalized spacial score (nSPS) is 23.3. The van der Waals surface area contributed by atoms with Crippen LogP contribution in [-0.4, -0.2) is 30.8 Å². The van der Waals surface area contributed by atoms with E-state index in [-0.39, 0.29) is 48.4 Å². The highest BCUT2D eigenvalue weighted by Gasteiger charge is 2.30. The van der Waals surface area contributed by atoms with Crippen LogP contribution in [0.5, 0.6) is 0 Å². The highest BCUT2D eigenvalue weighted by atomic mass is 35.5. The number of hydrogen-bond acceptors (Lipinski definition) is 4. The number of carbonyl (C=O) groups is 3. The molecule has 6 nitrogen and oxygen atoms in total. The van der Waals surface area contributed by atoms with Crippen molar-refractivity contribution in [2.75, 3.05) is 18.4 Å². The average Bonchev–Trinajstić information content (AvgIpc) is 2.87. The van der Waals surface area contributed by atoms with Crippen LogP contribution in [0.4, 0.5) is 5.69 Å². The van der Waals surface area contributed by atoms with Crippen molar-refractivity contribution in [1.82, 2.24) is 10.6 Å². The molecule has 2 unspecified atom stereocenters. The molecule has 2 aliphatic heterocycles. The van der Waals surface area contributed by atoms with Crippen molar-refractivity contribution < 1.29 is 14.4 Å². The van der Waals surface area contributed by atoms with E-state index in [1.54, 1.807) is 0 Å². The lowest BCUT2D eigenvalue weighted by Crippen LogP contribution is -2.37. The Labute approximate surface area is 147 Å². The summed E-state index contributed by atoms with van der Waals surface area (Å²) < 4.78 is 0. The minimum atomic E-state index is -0.281. The molecule has 0 spiro atoms. The molecule has 0 bridgehead atoms. The first-order valence-electron chi connectivity index (χ1n) is 8.06. The molecule has 2 saturated heterocycles. The summed E-state index contributed by atoms with van der Waals surface area (Å²) in [5.41, 5.74) is 1.74. The van der Waals surface area contributed by atoms with Crippen LogP contribution in [0.2, 0.25) is 0 Å². The lowest BCUT2D eigenvalue weighted by atomic mass is 9.97. The van der Waals surface area contributed by atoms with Gasteiger partial charge in [-0.2, -0.15) is 0 Å². The molecule has 3 N–H and O–H groups in total. The van der Waals surface area contributed by atoms with Crippen molar-refractivity contribution in [1.29, 1.82) is 0 Å². The molecule has 0 saturated carbocycles. The summed E-state index contributed by atoms with van der Waals surface area (Å²) in [7, 11) is 0. The molecule has 1 aromatic rings. The van der Waals surface area contributed by atoms with E-state index < -0.39 is 0 Å². The Kier molecular flexibility index (Phi) is 6.34. The largest absolute Gasteiger partial charge is 0.326 e. The van der Waals surface area contributed by atoms with Gasteiger partial charge in [-0.05, 0) is 43.5 Å². The van der Waals surface area contributed by atoms with E-state index >= 15 is 0 Å². The molecular formula is C17H22ClN3O3. The SMILES string of the molecule is Cl.O=C1CC(Cc2ccc(NC(=O)C3CCCNC3)cc2)C(=O)N1. The number of nitrogens with one attached hydrogen (secondary N) is 3. The Bertz CT molecular complexity index is 612. The zero-order chi connectivity index (χ0) is 16.2. The van der Waals surface area contributed by atoms with E-state index in [0.29, 0.717) is 6.42 Å². The van der Waals surface area contributed by atoms with E-state index in [4.69, 9.17) is 0 Å². The fourth-order valence-corrected chi connectivity index (χ4v) is 3.10. The molecule has 3 amide bonds. The average molecular weight is 352 g/mol. The Balaban J connectivity index is 0.00000208. The van der Waals surface area contributed by atoms with Crippen molar-refractivity contribution in [2.45, 2.75) is 25.7 Å². The van der Waals surface area contributed by atoms with Gasteiger partial charge in [-0.25, -0.2) is 0 Å². The summed E-state index contributed by atoms with van der Waals surface area (Å²) in [6.07, 6.45) is 2.74. The number of rotatable bonds is 4. The Hall–Kier alpha value is -1.92. The number of benzene rings is 1. The number of imide groups is 1. The van der Waals surface area contributed by atoms with E-state index in [0.717, 1.165) is 37.2 Å². The van der Waals surface area contributed by atoms with Gasteiger partial charge >= 0.3 is 0 Å². The molecule has 7 heteroatoms. The van der Waals surface area contributed by atoms with Crippen molar-refractivity contribution >= 4 is 35.8 Å². The minimum Gasteiger partial charge on any atom is -0.326 e. The molecule has 130 valence electrons. The van der Waals surface area contributed by atoms with Gasteiger partial charge in [0.15, 0.2) is 0 Å². The predicted molar refractivity (Wildman–Crippen MR) is 92.9 cm³/mol. The lowest BCUT2D eigenvalue weighted by molar-refractivity contribution is -0.126. The number of hydrogen-bond donors (Lipinski definition) is 3. The summed E-state index contributed by atoms with van der Waals surface area (Å²) in [6.45, 7) is 1.71. The second kappa shape index (κ2) is 8.26. The topological polar surface area (TPSA) is 87.3 Å². The molecule has 0 radical (unpaired) electrons. The zero-order valence-electron chi connectivity index (χ0n) is 13.3. The van der Waals surface area contributed by atoms with E-state index in [2.05, 4.69) is 16.0 Å². The fraction of sp³-hybridized carbons (Fsp3) is 0.471. The minimum absolute atomic E-state index is 0. The van der Waals surface area contributed by atoms with Gasteiger partial charge in [0.25, 0.3) is 0 Å². The third-order valence-corrected chi connectivity index (χ3v) is 4.44. The van der Waals surface area contributed by atoms with Crippen molar-refractivity contribution in [3.05, 3.63) is 29.8 Å². The fourth-order valence-electron chi connectivity index (χ4n) is 3.10. The van der Waals surface area contributed by atoms with E-state index in [1.165, 1.54) is 0 Å². The van der Waals surface area contributed by atoms with Crippen LogP contribution in [-0.2, 0) is 20.8 Å². The maximum absolute atomic E-state index is 12.2. The molecular weight excluding hydrogens is 330 g/mol. The summed E-state index contributed by atoms with van der Waals surface area (Å²) in [6, 6.07) is 7.48. The van der Waals surface area contributed by atoms with Crippen molar-refractivity contribution in [3.8, 4) is 0 Å². The lowest BCUT2D eigenvalue weighted by Gasteiger charge is -2.21. The molecule has 2 atom stereocenters. The first-order valence-corrected chi connectivity index (χ1v) is 8.06. The number of piperidine rings is 1. The van der Waals surface area contributed by atoms with Crippen LogP contribution in [0.1, 0.15) is 24.8 Å². The molecule has 3 rings (SSSR count). The molecule has 0 aliphatic carbocycles. The van der Waals surface area contributed by atoms with E-state index in [9.17, 15) is 14.4 Å². The Morgan fingerprint density at radius 1 is 1.21 bits per heavy atom. The highest BCUT2D eigenvalue weighted by molar-refractivity contribution is 6.03. The maximum atomic E-state index is 12.2. The molecule has 1 aromatic carbocycles. The smallest absolute Gasteiger partial charge is 0.230 e. The van der Waals surface area contributed by atoms with Crippen LogP contribution in [0, 0.1) is 11.8 Å². The molecule has 2 aliphatic rings. The summed E-state index contributed by atoms with van der Waals surface area (Å²) in [4.78, 5) is 34.9. The molecule has 2 heterocycles. The highest BCUT2D eigenvalue weighted by Crippen LogP contribution is 2.20. The van der Waals surface area contributed by atoms with Crippen LogP contribution in [0.3, 0.4) is 0 Å². The Morgan fingerprint density at radius 2 is 1.96 bits per heavy atom. The number of anilines is 1. The van der Waals surface area contributed by atoms with Crippen LogP contribution in [0.15, 0.2) is 24.3 Å². The van der Waals surface area contributed by atoms with Gasteiger partial charge < -0.3 is 10.6 Å². The second-order valence-corrected chi connectivity index (χ2v) is 6.25. The van der Waals surface area contributed by atoms with Gasteiger partial charge in [0, 0.05) is 18.7 Å². The van der Waals surface area contributed by atoms with Gasteiger partial charge in [0.05, 0.1) is 11.8 Å². The predicted octanol–water partition coefficient (Wildman–Crippen LogP) is 1.25. The molecule has 2 fully saturated rings. The quantitative estimate of drug-likeness (QED) is 0.712. The van der Waals surface area contributed by atoms with Crippen molar-refractivity contribution in [2.24, 2.45) is 11.8 Å². The standard InChI is InChI=1S/C17H21N3O3.ClH/c21-15-9-13(17(23)20-15)8-11-3-5-14(6-4-11)19-16(22)12-2-1-7-18-10-12;/h3-6,12-13,18H,1-2,7-10H2,(H,19,22)(H,20,21,23);1H. The maximum Gasteiger partial charge on any atom is 0.230 e. The molecule has 24 heavy (non-hydrogen) atoms. The summed E-state index contributed by atoms with van der Waals surface area (Å²) in [5.74, 6) is -0.610. The van der Waals surface area contributed by atoms with Gasteiger partial charge in [0.1, 0.15) is 0 Å². The van der Waals surface area contributed by atoms with Crippen molar-refractivity contribution in [3.63, 3.8) is 0 Å². The third-order valence-electron chi connectivity index (χ3n) is 4.44. The van der Waals surface area contributed by atoms with Crippen LogP contribution < -0.4 is 16.0 Å². The van der Waals surface area contributed by atoms with Crippen LogP contribution >= 0.6 is 12.4 Å². The Morgan fingerprint density at radius 3 is 2.54 bits per heavy atom. The second-order valence-electron chi connectivity index (χ2n) is 6.25. The van der Waals surface area contributed by atoms with E-state index in [1.807, 2.05) is 24.3 Å². The summed E-state index contributed by atoms with van der Waals surface area (Å²) >= 11 is 0.